The highest BCUT2D eigenvalue weighted by atomic mass is 19.2. The predicted octanol–water partition coefficient (Wildman–Crippen LogP) is 1.64. The maximum absolute atomic E-state index is 13.6. The van der Waals surface area contributed by atoms with E-state index in [0.29, 0.717) is 17.4 Å². The minimum atomic E-state index is -1.64. The lowest BCUT2D eigenvalue weighted by Gasteiger charge is -2.24. The molecule has 1 aromatic carbocycles. The summed E-state index contributed by atoms with van der Waals surface area (Å²) in [6.07, 6.45) is 5.89. The van der Waals surface area contributed by atoms with Gasteiger partial charge in [-0.3, -0.25) is 9.59 Å². The van der Waals surface area contributed by atoms with Gasteiger partial charge in [0, 0.05) is 6.54 Å². The van der Waals surface area contributed by atoms with Crippen LogP contribution >= 0.6 is 0 Å². The van der Waals surface area contributed by atoms with Crippen molar-refractivity contribution in [3.63, 3.8) is 0 Å². The Hall–Kier alpha value is -2.09. The summed E-state index contributed by atoms with van der Waals surface area (Å²) in [5, 5.41) is 5.15. The Bertz CT molecular complexity index is 678. The molecule has 5 nitrogen and oxygen atoms in total. The molecule has 3 N–H and O–H groups in total. The molecule has 150 valence electrons. The number of nitrogens with one attached hydrogen (secondary N) is 3. The predicted molar refractivity (Wildman–Crippen MR) is 95.7 cm³/mol. The average molecular weight is 386 g/mol. The first-order chi connectivity index (χ1) is 12.8. The van der Waals surface area contributed by atoms with E-state index >= 15 is 0 Å². The fourth-order valence-electron chi connectivity index (χ4n) is 3.24. The fourth-order valence-corrected chi connectivity index (χ4v) is 3.24. The van der Waals surface area contributed by atoms with Crippen molar-refractivity contribution in [1.29, 1.82) is 0 Å². The topological polar surface area (TPSA) is 62.6 Å². The second-order valence-corrected chi connectivity index (χ2v) is 7.27. The Kier molecular flexibility index (Phi) is 7.65. The zero-order valence-corrected chi connectivity index (χ0v) is 15.7. The van der Waals surface area contributed by atoms with Crippen LogP contribution in [0, 0.1) is 23.4 Å². The molecular formula is C19H27F3N3O2+. The first kappa shape index (κ1) is 21.2. The van der Waals surface area contributed by atoms with Crippen LogP contribution < -0.4 is 15.5 Å². The fraction of sp³-hybridized carbons (Fsp3) is 0.579. The third kappa shape index (κ3) is 5.95. The first-order valence-electron chi connectivity index (χ1n) is 9.33. The van der Waals surface area contributed by atoms with Crippen molar-refractivity contribution in [1.82, 2.24) is 5.32 Å². The number of benzene rings is 1. The molecule has 1 unspecified atom stereocenters. The van der Waals surface area contributed by atoms with Crippen molar-refractivity contribution in [3.05, 3.63) is 29.6 Å². The van der Waals surface area contributed by atoms with Crippen LogP contribution in [0.25, 0.3) is 0 Å². The molecule has 0 aromatic heterocycles. The summed E-state index contributed by atoms with van der Waals surface area (Å²) in [6, 6.07) is 1.22. The first-order valence-corrected chi connectivity index (χ1v) is 9.33. The molecule has 0 bridgehead atoms. The van der Waals surface area contributed by atoms with E-state index in [1.807, 2.05) is 0 Å². The molecule has 0 saturated heterocycles. The van der Waals surface area contributed by atoms with Gasteiger partial charge in [0.15, 0.2) is 30.0 Å². The third-order valence-corrected chi connectivity index (χ3v) is 5.17. The van der Waals surface area contributed by atoms with Gasteiger partial charge in [-0.2, -0.15) is 0 Å². The molecular weight excluding hydrogens is 359 g/mol. The van der Waals surface area contributed by atoms with Crippen molar-refractivity contribution in [2.45, 2.75) is 45.1 Å². The number of hydrogen-bond acceptors (Lipinski definition) is 2. The van der Waals surface area contributed by atoms with Gasteiger partial charge in [-0.05, 0) is 37.8 Å². The molecule has 1 fully saturated rings. The van der Waals surface area contributed by atoms with Gasteiger partial charge in [-0.1, -0.05) is 19.3 Å². The van der Waals surface area contributed by atoms with E-state index in [-0.39, 0.29) is 12.5 Å². The molecule has 8 heteroatoms. The van der Waals surface area contributed by atoms with Gasteiger partial charge < -0.3 is 15.5 Å². The van der Waals surface area contributed by atoms with Gasteiger partial charge in [0.05, 0.1) is 12.7 Å². The number of amides is 2. The largest absolute Gasteiger partial charge is 0.351 e. The van der Waals surface area contributed by atoms with E-state index in [4.69, 9.17) is 0 Å². The van der Waals surface area contributed by atoms with Crippen LogP contribution in [0.1, 0.15) is 39.0 Å². The monoisotopic (exact) mass is 386 g/mol. The Labute approximate surface area is 157 Å². The number of rotatable bonds is 7. The Morgan fingerprint density at radius 2 is 1.81 bits per heavy atom. The molecule has 0 spiro atoms. The molecule has 0 heterocycles. The SMILES string of the molecule is C[C@@H](C(=O)NCC1CCCCC1)[NH+](C)CC(=O)Nc1ccc(F)c(F)c1F. The quantitative estimate of drug-likeness (QED) is 0.624. The highest BCUT2D eigenvalue weighted by molar-refractivity contribution is 5.91. The van der Waals surface area contributed by atoms with Crippen LogP contribution in [-0.4, -0.2) is 38.0 Å². The summed E-state index contributed by atoms with van der Waals surface area (Å²) >= 11 is 0. The van der Waals surface area contributed by atoms with Crippen LogP contribution in [-0.2, 0) is 9.59 Å². The lowest BCUT2D eigenvalue weighted by atomic mass is 9.89. The van der Waals surface area contributed by atoms with E-state index in [1.54, 1.807) is 14.0 Å². The van der Waals surface area contributed by atoms with E-state index < -0.39 is 35.1 Å². The Morgan fingerprint density at radius 1 is 1.15 bits per heavy atom. The van der Waals surface area contributed by atoms with E-state index in [0.717, 1.165) is 25.0 Å². The molecule has 1 aromatic rings. The zero-order chi connectivity index (χ0) is 20.0. The molecule has 1 aliphatic carbocycles. The van der Waals surface area contributed by atoms with Gasteiger partial charge in [0.25, 0.3) is 11.8 Å². The number of hydrogen-bond donors (Lipinski definition) is 3. The van der Waals surface area contributed by atoms with Gasteiger partial charge >= 0.3 is 0 Å². The van der Waals surface area contributed by atoms with Crippen molar-refractivity contribution in [2.24, 2.45) is 5.92 Å². The third-order valence-electron chi connectivity index (χ3n) is 5.17. The minimum absolute atomic E-state index is 0.115. The maximum Gasteiger partial charge on any atom is 0.279 e. The minimum Gasteiger partial charge on any atom is -0.351 e. The van der Waals surface area contributed by atoms with Crippen molar-refractivity contribution >= 4 is 17.5 Å². The van der Waals surface area contributed by atoms with E-state index in [9.17, 15) is 22.8 Å². The summed E-state index contributed by atoms with van der Waals surface area (Å²) in [5.74, 6) is -4.64. The molecule has 0 aliphatic heterocycles. The molecule has 0 radical (unpaired) electrons. The maximum atomic E-state index is 13.6. The summed E-state index contributed by atoms with van der Waals surface area (Å²) in [4.78, 5) is 25.0. The summed E-state index contributed by atoms with van der Waals surface area (Å²) in [6.45, 7) is 2.23. The number of carbonyl (C=O) groups is 2. The van der Waals surface area contributed by atoms with E-state index in [2.05, 4.69) is 10.6 Å². The second kappa shape index (κ2) is 9.73. The lowest BCUT2D eigenvalue weighted by molar-refractivity contribution is -0.885. The summed E-state index contributed by atoms with van der Waals surface area (Å²) in [5.41, 5.74) is -0.430. The van der Waals surface area contributed by atoms with Gasteiger partial charge in [0.1, 0.15) is 0 Å². The molecule has 1 aliphatic rings. The smallest absolute Gasteiger partial charge is 0.279 e. The molecule has 2 atom stereocenters. The average Bonchev–Trinajstić information content (AvgIpc) is 2.66. The highest BCUT2D eigenvalue weighted by Crippen LogP contribution is 2.22. The van der Waals surface area contributed by atoms with Crippen LogP contribution in [0.3, 0.4) is 0 Å². The van der Waals surface area contributed by atoms with Crippen molar-refractivity contribution < 1.29 is 27.7 Å². The second-order valence-electron chi connectivity index (χ2n) is 7.27. The molecule has 1 saturated carbocycles. The van der Waals surface area contributed by atoms with Crippen LogP contribution in [0.2, 0.25) is 0 Å². The van der Waals surface area contributed by atoms with Crippen molar-refractivity contribution in [2.75, 3.05) is 25.5 Å². The summed E-state index contributed by atoms with van der Waals surface area (Å²) in [7, 11) is 1.67. The normalized spacial score (nSPS) is 17.2. The van der Waals surface area contributed by atoms with E-state index in [1.165, 1.54) is 19.3 Å². The van der Waals surface area contributed by atoms with Gasteiger partial charge in [0.2, 0.25) is 0 Å². The number of anilines is 1. The lowest BCUT2D eigenvalue weighted by Crippen LogP contribution is -3.15. The number of carbonyl (C=O) groups excluding carboxylic acids is 2. The Balaban J connectivity index is 1.82. The van der Waals surface area contributed by atoms with Crippen LogP contribution in [0.15, 0.2) is 12.1 Å². The Morgan fingerprint density at radius 3 is 2.48 bits per heavy atom. The van der Waals surface area contributed by atoms with Gasteiger partial charge in [-0.15, -0.1) is 0 Å². The zero-order valence-electron chi connectivity index (χ0n) is 15.7. The van der Waals surface area contributed by atoms with Crippen molar-refractivity contribution in [3.8, 4) is 0 Å². The van der Waals surface area contributed by atoms with Crippen LogP contribution in [0.4, 0.5) is 18.9 Å². The molecule has 2 rings (SSSR count). The molecule has 2 amide bonds. The number of likely N-dealkylation sites (N-methyl/N-ethyl adjacent to an activating group) is 1. The number of halogens is 3. The standard InChI is InChI=1S/C19H26F3N3O2/c1-12(19(27)23-10-13-6-4-3-5-7-13)25(2)11-16(26)24-15-9-8-14(20)17(21)18(15)22/h8-9,12-13H,3-7,10-11H2,1-2H3,(H,23,27)(H,24,26)/p+1/t12-/m0/s1. The summed E-state index contributed by atoms with van der Waals surface area (Å²) < 4.78 is 39.8. The molecule has 27 heavy (non-hydrogen) atoms. The highest BCUT2D eigenvalue weighted by Gasteiger charge is 2.25. The van der Waals surface area contributed by atoms with Crippen LogP contribution in [0.5, 0.6) is 0 Å². The van der Waals surface area contributed by atoms with Gasteiger partial charge in [-0.25, -0.2) is 13.2 Å². The number of quaternary nitrogens is 1.